The SMILES string of the molecule is CSc1nc(NCC2CCCO2)c(C#N)c(-c2ccc(Cl)cc2)n1. The molecule has 1 atom stereocenters. The summed E-state index contributed by atoms with van der Waals surface area (Å²) in [6.45, 7) is 1.44. The normalized spacial score (nSPS) is 16.8. The van der Waals surface area contributed by atoms with Gasteiger partial charge >= 0.3 is 0 Å². The first-order valence-electron chi connectivity index (χ1n) is 7.69. The predicted molar refractivity (Wildman–Crippen MR) is 96.4 cm³/mol. The number of hydrogen-bond donors (Lipinski definition) is 1. The molecule has 1 N–H and O–H groups in total. The van der Waals surface area contributed by atoms with Crippen molar-refractivity contribution in [1.29, 1.82) is 5.26 Å². The molecule has 0 radical (unpaired) electrons. The lowest BCUT2D eigenvalue weighted by Gasteiger charge is -2.14. The Morgan fingerprint density at radius 1 is 1.38 bits per heavy atom. The van der Waals surface area contributed by atoms with Gasteiger partial charge in [-0.25, -0.2) is 9.97 Å². The number of nitriles is 1. The highest BCUT2D eigenvalue weighted by atomic mass is 35.5. The van der Waals surface area contributed by atoms with Gasteiger partial charge in [-0.1, -0.05) is 35.5 Å². The van der Waals surface area contributed by atoms with Crippen LogP contribution in [0.2, 0.25) is 5.02 Å². The molecule has 24 heavy (non-hydrogen) atoms. The predicted octanol–water partition coefficient (Wildman–Crippen LogP) is 3.98. The second kappa shape index (κ2) is 7.84. The van der Waals surface area contributed by atoms with Crippen LogP contribution in [0.4, 0.5) is 5.82 Å². The Morgan fingerprint density at radius 3 is 2.79 bits per heavy atom. The monoisotopic (exact) mass is 360 g/mol. The number of thioether (sulfide) groups is 1. The number of rotatable bonds is 5. The summed E-state index contributed by atoms with van der Waals surface area (Å²) in [5, 5.41) is 14.2. The maximum absolute atomic E-state index is 9.64. The Balaban J connectivity index is 1.96. The molecule has 7 heteroatoms. The van der Waals surface area contributed by atoms with Gasteiger partial charge in [-0.05, 0) is 31.2 Å². The van der Waals surface area contributed by atoms with Gasteiger partial charge in [0, 0.05) is 23.7 Å². The molecule has 1 aromatic carbocycles. The number of benzene rings is 1. The Bertz CT molecular complexity index is 754. The maximum atomic E-state index is 9.64. The zero-order valence-corrected chi connectivity index (χ0v) is 14.8. The summed E-state index contributed by atoms with van der Waals surface area (Å²) in [4.78, 5) is 8.98. The van der Waals surface area contributed by atoms with Crippen molar-refractivity contribution in [3.63, 3.8) is 0 Å². The maximum Gasteiger partial charge on any atom is 0.189 e. The molecule has 0 amide bonds. The van der Waals surface area contributed by atoms with Crippen molar-refractivity contribution in [2.75, 3.05) is 24.7 Å². The van der Waals surface area contributed by atoms with Gasteiger partial charge in [-0.15, -0.1) is 0 Å². The van der Waals surface area contributed by atoms with Crippen LogP contribution in [0.3, 0.4) is 0 Å². The summed E-state index contributed by atoms with van der Waals surface area (Å²) in [5.74, 6) is 0.553. The lowest BCUT2D eigenvalue weighted by molar-refractivity contribution is 0.120. The molecule has 1 saturated heterocycles. The summed E-state index contributed by atoms with van der Waals surface area (Å²) in [6, 6.07) is 9.53. The minimum Gasteiger partial charge on any atom is -0.376 e. The molecule has 1 aromatic heterocycles. The Kier molecular flexibility index (Phi) is 5.56. The van der Waals surface area contributed by atoms with Gasteiger partial charge in [0.25, 0.3) is 0 Å². The largest absolute Gasteiger partial charge is 0.376 e. The molecule has 3 rings (SSSR count). The fraction of sp³-hybridized carbons (Fsp3) is 0.353. The summed E-state index contributed by atoms with van der Waals surface area (Å²) >= 11 is 7.40. The van der Waals surface area contributed by atoms with Gasteiger partial charge in [0.05, 0.1) is 11.8 Å². The average molecular weight is 361 g/mol. The van der Waals surface area contributed by atoms with E-state index in [4.69, 9.17) is 16.3 Å². The van der Waals surface area contributed by atoms with Crippen LogP contribution < -0.4 is 5.32 Å². The minimum absolute atomic E-state index is 0.170. The second-order valence-corrected chi connectivity index (χ2v) is 6.63. The molecular weight excluding hydrogens is 344 g/mol. The van der Waals surface area contributed by atoms with Crippen LogP contribution >= 0.6 is 23.4 Å². The molecule has 124 valence electrons. The van der Waals surface area contributed by atoms with E-state index in [2.05, 4.69) is 21.4 Å². The van der Waals surface area contributed by atoms with E-state index in [1.807, 2.05) is 18.4 Å². The van der Waals surface area contributed by atoms with E-state index in [0.717, 1.165) is 25.0 Å². The van der Waals surface area contributed by atoms with Crippen LogP contribution in [0.15, 0.2) is 29.4 Å². The van der Waals surface area contributed by atoms with Gasteiger partial charge in [0.1, 0.15) is 17.5 Å². The van der Waals surface area contributed by atoms with E-state index in [9.17, 15) is 5.26 Å². The number of aromatic nitrogens is 2. The van der Waals surface area contributed by atoms with Crippen molar-refractivity contribution in [3.05, 3.63) is 34.9 Å². The zero-order valence-electron chi connectivity index (χ0n) is 13.3. The third-order valence-electron chi connectivity index (χ3n) is 3.82. The molecule has 1 unspecified atom stereocenters. The lowest BCUT2D eigenvalue weighted by atomic mass is 10.1. The molecule has 1 fully saturated rings. The van der Waals surface area contributed by atoms with E-state index >= 15 is 0 Å². The van der Waals surface area contributed by atoms with Crippen LogP contribution in [0.25, 0.3) is 11.3 Å². The molecule has 2 heterocycles. The molecule has 2 aromatic rings. The van der Waals surface area contributed by atoms with Gasteiger partial charge < -0.3 is 10.1 Å². The van der Waals surface area contributed by atoms with E-state index < -0.39 is 0 Å². The van der Waals surface area contributed by atoms with Crippen LogP contribution in [-0.4, -0.2) is 35.5 Å². The Hall–Kier alpha value is -1.81. The highest BCUT2D eigenvalue weighted by Gasteiger charge is 2.19. The van der Waals surface area contributed by atoms with Crippen LogP contribution in [0.5, 0.6) is 0 Å². The minimum atomic E-state index is 0.170. The van der Waals surface area contributed by atoms with Crippen molar-refractivity contribution in [2.24, 2.45) is 0 Å². The summed E-state index contributed by atoms with van der Waals surface area (Å²) in [5.41, 5.74) is 1.89. The quantitative estimate of drug-likeness (QED) is 0.642. The van der Waals surface area contributed by atoms with Crippen molar-refractivity contribution < 1.29 is 4.74 Å². The Morgan fingerprint density at radius 2 is 2.17 bits per heavy atom. The van der Waals surface area contributed by atoms with Crippen LogP contribution in [-0.2, 0) is 4.74 Å². The van der Waals surface area contributed by atoms with E-state index in [0.29, 0.717) is 33.8 Å². The fourth-order valence-electron chi connectivity index (χ4n) is 2.60. The molecule has 0 saturated carbocycles. The van der Waals surface area contributed by atoms with Crippen LogP contribution in [0, 0.1) is 11.3 Å². The summed E-state index contributed by atoms with van der Waals surface area (Å²) in [7, 11) is 0. The molecule has 0 bridgehead atoms. The summed E-state index contributed by atoms with van der Waals surface area (Å²) < 4.78 is 5.62. The number of ether oxygens (including phenoxy) is 1. The third-order valence-corrected chi connectivity index (χ3v) is 4.62. The van der Waals surface area contributed by atoms with Gasteiger partial charge in [0.15, 0.2) is 5.16 Å². The summed E-state index contributed by atoms with van der Waals surface area (Å²) in [6.07, 6.45) is 4.19. The molecule has 0 aliphatic carbocycles. The third kappa shape index (κ3) is 3.81. The first-order chi connectivity index (χ1) is 11.7. The molecule has 1 aliphatic heterocycles. The smallest absolute Gasteiger partial charge is 0.189 e. The molecule has 5 nitrogen and oxygen atoms in total. The first kappa shape index (κ1) is 17.0. The van der Waals surface area contributed by atoms with Gasteiger partial charge in [-0.3, -0.25) is 0 Å². The number of halogens is 1. The highest BCUT2D eigenvalue weighted by Crippen LogP contribution is 2.29. The van der Waals surface area contributed by atoms with E-state index in [1.165, 1.54) is 11.8 Å². The van der Waals surface area contributed by atoms with Crippen LogP contribution in [0.1, 0.15) is 18.4 Å². The average Bonchev–Trinajstić information content (AvgIpc) is 3.13. The Labute approximate surface area is 150 Å². The zero-order chi connectivity index (χ0) is 16.9. The van der Waals surface area contributed by atoms with Crippen molar-refractivity contribution >= 4 is 29.2 Å². The standard InChI is InChI=1S/C17H17ClN4OS/c1-24-17-21-15(11-4-6-12(18)7-5-11)14(9-19)16(22-17)20-10-13-3-2-8-23-13/h4-7,13H,2-3,8,10H2,1H3,(H,20,21,22). The molecule has 1 aliphatic rings. The van der Waals surface area contributed by atoms with E-state index in [-0.39, 0.29) is 6.10 Å². The molecular formula is C17H17ClN4OS. The topological polar surface area (TPSA) is 70.8 Å². The number of hydrogen-bond acceptors (Lipinski definition) is 6. The van der Waals surface area contributed by atoms with Gasteiger partial charge in [0.2, 0.25) is 0 Å². The lowest BCUT2D eigenvalue weighted by Crippen LogP contribution is -2.20. The van der Waals surface area contributed by atoms with Crippen molar-refractivity contribution in [1.82, 2.24) is 9.97 Å². The van der Waals surface area contributed by atoms with E-state index in [1.54, 1.807) is 12.1 Å². The van der Waals surface area contributed by atoms with Crippen molar-refractivity contribution in [3.8, 4) is 17.3 Å². The van der Waals surface area contributed by atoms with Crippen molar-refractivity contribution in [2.45, 2.75) is 24.1 Å². The fourth-order valence-corrected chi connectivity index (χ4v) is 3.09. The first-order valence-corrected chi connectivity index (χ1v) is 9.29. The van der Waals surface area contributed by atoms with Gasteiger partial charge in [-0.2, -0.15) is 5.26 Å². The molecule has 0 spiro atoms. The number of anilines is 1. The number of nitrogens with zero attached hydrogens (tertiary/aromatic N) is 3. The number of nitrogens with one attached hydrogen (secondary N) is 1. The second-order valence-electron chi connectivity index (χ2n) is 5.42. The highest BCUT2D eigenvalue weighted by molar-refractivity contribution is 7.98.